The third-order valence-electron chi connectivity index (χ3n) is 4.42. The molecule has 4 aromatic rings. The minimum absolute atomic E-state index is 0.190. The van der Waals surface area contributed by atoms with Crippen LogP contribution < -0.4 is 5.32 Å². The summed E-state index contributed by atoms with van der Waals surface area (Å²) in [5, 5.41) is 11.7. The zero-order chi connectivity index (χ0) is 20.2. The van der Waals surface area contributed by atoms with E-state index in [2.05, 4.69) is 15.6 Å². The van der Waals surface area contributed by atoms with Gasteiger partial charge in [0.05, 0.1) is 6.54 Å². The van der Waals surface area contributed by atoms with Crippen LogP contribution in [0.2, 0.25) is 5.02 Å². The summed E-state index contributed by atoms with van der Waals surface area (Å²) in [5.74, 6) is -0.160. The van der Waals surface area contributed by atoms with Gasteiger partial charge in [-0.1, -0.05) is 47.1 Å². The summed E-state index contributed by atoms with van der Waals surface area (Å²) in [5.41, 5.74) is 1.84. The predicted molar refractivity (Wildman–Crippen MR) is 107 cm³/mol. The van der Waals surface area contributed by atoms with Crippen LogP contribution in [0.25, 0.3) is 5.82 Å². The first-order valence-corrected chi connectivity index (χ1v) is 9.32. The van der Waals surface area contributed by atoms with Crippen molar-refractivity contribution < 1.29 is 9.18 Å². The number of hydrogen-bond acceptors (Lipinski definition) is 3. The van der Waals surface area contributed by atoms with E-state index in [1.807, 2.05) is 42.7 Å². The lowest BCUT2D eigenvalue weighted by Crippen LogP contribution is -2.25. The molecule has 0 radical (unpaired) electrons. The van der Waals surface area contributed by atoms with Crippen LogP contribution in [0.15, 0.2) is 73.1 Å². The van der Waals surface area contributed by atoms with Crippen LogP contribution in [0, 0.1) is 5.82 Å². The number of carbonyl (C=O) groups excluding carboxylic acids is 1. The molecule has 0 spiro atoms. The van der Waals surface area contributed by atoms with Crippen molar-refractivity contribution in [3.63, 3.8) is 0 Å². The molecule has 0 saturated heterocycles. The maximum Gasteiger partial charge on any atom is 0.276 e. The summed E-state index contributed by atoms with van der Waals surface area (Å²) >= 11 is 6.28. The highest BCUT2D eigenvalue weighted by atomic mass is 35.5. The fourth-order valence-corrected chi connectivity index (χ4v) is 3.14. The van der Waals surface area contributed by atoms with Crippen LogP contribution in [0.4, 0.5) is 4.39 Å². The number of benzene rings is 2. The summed E-state index contributed by atoms with van der Waals surface area (Å²) in [6.07, 6.45) is 3.64. The maximum atomic E-state index is 13.1. The SMILES string of the molecule is O=C(NCc1ccc(F)cc1)c1nnn(Cc2ccccc2Cl)c1-n1cccc1. The second-order valence-corrected chi connectivity index (χ2v) is 6.82. The molecule has 4 rings (SSSR count). The molecule has 1 N–H and O–H groups in total. The normalized spacial score (nSPS) is 10.8. The molecule has 29 heavy (non-hydrogen) atoms. The summed E-state index contributed by atoms with van der Waals surface area (Å²) in [6.45, 7) is 0.618. The second kappa shape index (κ2) is 8.28. The molecule has 2 aromatic carbocycles. The van der Waals surface area contributed by atoms with Crippen LogP contribution in [0.5, 0.6) is 0 Å². The fraction of sp³-hybridized carbons (Fsp3) is 0.0952. The van der Waals surface area contributed by atoms with Gasteiger partial charge in [-0.05, 0) is 41.5 Å². The minimum Gasteiger partial charge on any atom is -0.346 e. The number of aromatic nitrogens is 4. The number of halogens is 2. The number of hydrogen-bond donors (Lipinski definition) is 1. The molecule has 0 bridgehead atoms. The maximum absolute atomic E-state index is 13.1. The molecule has 2 heterocycles. The smallest absolute Gasteiger partial charge is 0.276 e. The van der Waals surface area contributed by atoms with Gasteiger partial charge in [0.2, 0.25) is 0 Å². The highest BCUT2D eigenvalue weighted by Crippen LogP contribution is 2.19. The van der Waals surface area contributed by atoms with Crippen molar-refractivity contribution in [2.45, 2.75) is 13.1 Å². The Balaban J connectivity index is 1.61. The van der Waals surface area contributed by atoms with Gasteiger partial charge in [-0.2, -0.15) is 0 Å². The van der Waals surface area contributed by atoms with Gasteiger partial charge in [0.25, 0.3) is 5.91 Å². The lowest BCUT2D eigenvalue weighted by molar-refractivity contribution is 0.0946. The molecule has 0 aliphatic rings. The minimum atomic E-state index is -0.372. The summed E-state index contributed by atoms with van der Waals surface area (Å²) in [7, 11) is 0. The van der Waals surface area contributed by atoms with Crippen LogP contribution in [-0.2, 0) is 13.1 Å². The average Bonchev–Trinajstić information content (AvgIpc) is 3.39. The van der Waals surface area contributed by atoms with E-state index in [1.165, 1.54) is 12.1 Å². The summed E-state index contributed by atoms with van der Waals surface area (Å²) < 4.78 is 16.5. The van der Waals surface area contributed by atoms with Crippen LogP contribution in [0.3, 0.4) is 0 Å². The number of amides is 1. The topological polar surface area (TPSA) is 64.7 Å². The van der Waals surface area contributed by atoms with E-state index in [9.17, 15) is 9.18 Å². The van der Waals surface area contributed by atoms with Crippen molar-refractivity contribution in [2.24, 2.45) is 0 Å². The van der Waals surface area contributed by atoms with Gasteiger partial charge in [0, 0.05) is 24.0 Å². The van der Waals surface area contributed by atoms with Crippen LogP contribution in [-0.4, -0.2) is 25.5 Å². The molecule has 0 atom stereocenters. The predicted octanol–water partition coefficient (Wildman–Crippen LogP) is 3.84. The largest absolute Gasteiger partial charge is 0.346 e. The first-order valence-electron chi connectivity index (χ1n) is 8.94. The Morgan fingerprint density at radius 2 is 1.76 bits per heavy atom. The van der Waals surface area contributed by atoms with Crippen molar-refractivity contribution in [1.29, 1.82) is 0 Å². The number of carbonyl (C=O) groups is 1. The summed E-state index contributed by atoms with van der Waals surface area (Å²) in [4.78, 5) is 12.8. The number of nitrogens with one attached hydrogen (secondary N) is 1. The number of nitrogens with zero attached hydrogens (tertiary/aromatic N) is 4. The van der Waals surface area contributed by atoms with Crippen molar-refractivity contribution in [1.82, 2.24) is 24.9 Å². The van der Waals surface area contributed by atoms with E-state index in [0.29, 0.717) is 17.4 Å². The van der Waals surface area contributed by atoms with E-state index < -0.39 is 0 Å². The molecule has 6 nitrogen and oxygen atoms in total. The molecule has 2 aromatic heterocycles. The van der Waals surface area contributed by atoms with Gasteiger partial charge in [-0.25, -0.2) is 9.07 Å². The molecule has 0 fully saturated rings. The lowest BCUT2D eigenvalue weighted by atomic mass is 10.2. The fourth-order valence-electron chi connectivity index (χ4n) is 2.95. The molecule has 0 aliphatic carbocycles. The van der Waals surface area contributed by atoms with Crippen LogP contribution in [0.1, 0.15) is 21.6 Å². The quantitative estimate of drug-likeness (QED) is 0.526. The van der Waals surface area contributed by atoms with E-state index in [-0.39, 0.29) is 24.0 Å². The van der Waals surface area contributed by atoms with Gasteiger partial charge >= 0.3 is 0 Å². The number of rotatable bonds is 6. The van der Waals surface area contributed by atoms with Crippen molar-refractivity contribution >= 4 is 17.5 Å². The third kappa shape index (κ3) is 4.20. The zero-order valence-electron chi connectivity index (χ0n) is 15.3. The standard InChI is InChI=1S/C21H17ClFN5O/c22-18-6-2-1-5-16(18)14-28-21(27-11-3-4-12-27)19(25-26-28)20(29)24-13-15-7-9-17(23)10-8-15/h1-12H,13-14H2,(H,24,29). The lowest BCUT2D eigenvalue weighted by Gasteiger charge is -2.10. The molecule has 1 amide bonds. The Labute approximate surface area is 171 Å². The molecular weight excluding hydrogens is 393 g/mol. The van der Waals surface area contributed by atoms with Gasteiger partial charge in [0.15, 0.2) is 11.5 Å². The van der Waals surface area contributed by atoms with Crippen molar-refractivity contribution in [2.75, 3.05) is 0 Å². The highest BCUT2D eigenvalue weighted by molar-refractivity contribution is 6.31. The Hall–Kier alpha value is -3.45. The average molecular weight is 410 g/mol. The monoisotopic (exact) mass is 409 g/mol. The second-order valence-electron chi connectivity index (χ2n) is 6.41. The van der Waals surface area contributed by atoms with Gasteiger partial charge in [-0.3, -0.25) is 4.79 Å². The molecule has 0 aliphatic heterocycles. The molecule has 146 valence electrons. The Morgan fingerprint density at radius 1 is 1.03 bits per heavy atom. The van der Waals surface area contributed by atoms with Crippen LogP contribution >= 0.6 is 11.6 Å². The van der Waals surface area contributed by atoms with Crippen molar-refractivity contribution in [3.05, 3.63) is 101 Å². The van der Waals surface area contributed by atoms with Crippen molar-refractivity contribution in [3.8, 4) is 5.82 Å². The first-order chi connectivity index (χ1) is 14.1. The Morgan fingerprint density at radius 3 is 2.48 bits per heavy atom. The molecule has 0 unspecified atom stereocenters. The molecule has 8 heteroatoms. The van der Waals surface area contributed by atoms with Gasteiger partial charge < -0.3 is 9.88 Å². The highest BCUT2D eigenvalue weighted by Gasteiger charge is 2.21. The van der Waals surface area contributed by atoms with E-state index >= 15 is 0 Å². The van der Waals surface area contributed by atoms with E-state index in [1.54, 1.807) is 27.4 Å². The third-order valence-corrected chi connectivity index (χ3v) is 4.79. The van der Waals surface area contributed by atoms with E-state index in [4.69, 9.17) is 11.6 Å². The summed E-state index contributed by atoms with van der Waals surface area (Å²) in [6, 6.07) is 17.1. The van der Waals surface area contributed by atoms with E-state index in [0.717, 1.165) is 11.1 Å². The Bertz CT molecular complexity index is 1120. The Kier molecular flexibility index (Phi) is 5.39. The molecule has 0 saturated carbocycles. The molecular formula is C21H17ClFN5O. The zero-order valence-corrected chi connectivity index (χ0v) is 16.1. The van der Waals surface area contributed by atoms with Gasteiger partial charge in [-0.15, -0.1) is 5.10 Å². The van der Waals surface area contributed by atoms with Gasteiger partial charge in [0.1, 0.15) is 5.82 Å². The first kappa shape index (κ1) is 18.9.